The van der Waals surface area contributed by atoms with E-state index < -0.39 is 6.10 Å². The maximum atomic E-state index is 10.8. The van der Waals surface area contributed by atoms with Gasteiger partial charge in [-0.3, -0.25) is 5.41 Å². The smallest absolute Gasteiger partial charge is 0.188 e. The van der Waals surface area contributed by atoms with Crippen molar-refractivity contribution in [1.82, 2.24) is 4.90 Å². The summed E-state index contributed by atoms with van der Waals surface area (Å²) in [4.78, 5) is 1.73. The molecule has 4 heteroatoms. The molecule has 57 valence electrons. The van der Waals surface area contributed by atoms with Gasteiger partial charge in [-0.1, -0.05) is 0 Å². The monoisotopic (exact) mass is 142 g/mol. The molecule has 0 aromatic rings. The van der Waals surface area contributed by atoms with E-state index in [1.807, 2.05) is 0 Å². The highest BCUT2D eigenvalue weighted by molar-refractivity contribution is 5.74. The summed E-state index contributed by atoms with van der Waals surface area (Å²) in [5.41, 5.74) is 5.22. The van der Waals surface area contributed by atoms with Crippen LogP contribution < -0.4 is 5.73 Å². The lowest BCUT2D eigenvalue weighted by Crippen LogP contribution is -2.43. The Bertz CT molecular complexity index is 129. The molecule has 1 aliphatic rings. The van der Waals surface area contributed by atoms with Gasteiger partial charge in [0.2, 0.25) is 0 Å². The zero-order valence-corrected chi connectivity index (χ0v) is 5.84. The lowest BCUT2D eigenvalue weighted by molar-refractivity contribution is 0.0434. The van der Waals surface area contributed by atoms with E-state index in [1.54, 1.807) is 4.90 Å². The highest BCUT2D eigenvalue weighted by atomic mass is 16.3. The van der Waals surface area contributed by atoms with Crippen LogP contribution in [0.25, 0.3) is 0 Å². The van der Waals surface area contributed by atoms with E-state index in [0.29, 0.717) is 25.9 Å². The lowest BCUT2D eigenvalue weighted by atomic mass is 10.1. The van der Waals surface area contributed by atoms with Crippen LogP contribution in [0.3, 0.4) is 0 Å². The van der Waals surface area contributed by atoms with Crippen LogP contribution in [0.4, 0.5) is 0 Å². The van der Waals surface area contributed by atoms with Crippen molar-refractivity contribution >= 4 is 5.96 Å². The van der Waals surface area contributed by atoms with Crippen LogP contribution in [0, 0.1) is 5.41 Å². The fraction of sp³-hybridized carbons (Fsp3) is 0.833. The molecular formula is C6H12N3O. The SMILES string of the molecule is N=C(N)N1CCC([O])CC1. The Morgan fingerprint density at radius 1 is 1.50 bits per heavy atom. The van der Waals surface area contributed by atoms with Gasteiger partial charge in [-0.15, -0.1) is 0 Å². The van der Waals surface area contributed by atoms with Gasteiger partial charge in [-0.05, 0) is 12.8 Å². The molecular weight excluding hydrogens is 130 g/mol. The average Bonchev–Trinajstić information content (AvgIpc) is 1.88. The zero-order chi connectivity index (χ0) is 7.56. The average molecular weight is 142 g/mol. The first-order valence-electron chi connectivity index (χ1n) is 3.45. The van der Waals surface area contributed by atoms with Crippen LogP contribution in [-0.2, 0) is 5.11 Å². The third kappa shape index (κ3) is 1.60. The second-order valence-corrected chi connectivity index (χ2v) is 2.57. The van der Waals surface area contributed by atoms with Gasteiger partial charge in [0, 0.05) is 13.1 Å². The minimum absolute atomic E-state index is 0.0897. The van der Waals surface area contributed by atoms with Crippen molar-refractivity contribution in [3.8, 4) is 0 Å². The van der Waals surface area contributed by atoms with Gasteiger partial charge in [0.05, 0.1) is 6.10 Å². The number of rotatable bonds is 0. The normalized spacial score (nSPS) is 21.1. The number of likely N-dealkylation sites (tertiary alicyclic amines) is 1. The topological polar surface area (TPSA) is 73.0 Å². The molecule has 1 heterocycles. The molecule has 0 aromatic heterocycles. The molecule has 1 aliphatic heterocycles. The molecule has 4 nitrogen and oxygen atoms in total. The second kappa shape index (κ2) is 2.88. The number of hydrogen-bond donors (Lipinski definition) is 2. The predicted octanol–water partition coefficient (Wildman–Crippen LogP) is -0.225. The maximum absolute atomic E-state index is 10.8. The number of nitrogens with zero attached hydrogens (tertiary/aromatic N) is 1. The molecule has 0 atom stereocenters. The van der Waals surface area contributed by atoms with Crippen molar-refractivity contribution in [3.05, 3.63) is 0 Å². The van der Waals surface area contributed by atoms with Crippen LogP contribution >= 0.6 is 0 Å². The van der Waals surface area contributed by atoms with Crippen molar-refractivity contribution in [2.45, 2.75) is 18.9 Å². The van der Waals surface area contributed by atoms with Gasteiger partial charge in [-0.2, -0.15) is 0 Å². The first-order chi connectivity index (χ1) is 4.70. The molecule has 0 saturated carbocycles. The summed E-state index contributed by atoms with van der Waals surface area (Å²) in [7, 11) is 0. The van der Waals surface area contributed by atoms with Crippen molar-refractivity contribution in [3.63, 3.8) is 0 Å². The van der Waals surface area contributed by atoms with E-state index in [2.05, 4.69) is 0 Å². The Morgan fingerprint density at radius 3 is 2.40 bits per heavy atom. The van der Waals surface area contributed by atoms with Crippen molar-refractivity contribution in [2.24, 2.45) is 5.73 Å². The van der Waals surface area contributed by atoms with E-state index in [9.17, 15) is 5.11 Å². The third-order valence-corrected chi connectivity index (χ3v) is 1.78. The molecule has 10 heavy (non-hydrogen) atoms. The highest BCUT2D eigenvalue weighted by Crippen LogP contribution is 2.08. The number of guanidine groups is 1. The molecule has 1 radical (unpaired) electrons. The Morgan fingerprint density at radius 2 is 2.00 bits per heavy atom. The highest BCUT2D eigenvalue weighted by Gasteiger charge is 2.18. The minimum Gasteiger partial charge on any atom is -0.370 e. The fourth-order valence-corrected chi connectivity index (χ4v) is 1.10. The summed E-state index contributed by atoms with van der Waals surface area (Å²) in [6, 6.07) is 0. The lowest BCUT2D eigenvalue weighted by Gasteiger charge is -2.28. The first-order valence-corrected chi connectivity index (χ1v) is 3.45. The third-order valence-electron chi connectivity index (χ3n) is 1.78. The van der Waals surface area contributed by atoms with Crippen LogP contribution in [0.5, 0.6) is 0 Å². The van der Waals surface area contributed by atoms with Crippen LogP contribution in [0.2, 0.25) is 0 Å². The summed E-state index contributed by atoms with van der Waals surface area (Å²) in [5.74, 6) is 0.0897. The first kappa shape index (κ1) is 7.34. The molecule has 1 rings (SSSR count). The maximum Gasteiger partial charge on any atom is 0.188 e. The molecule has 1 fully saturated rings. The van der Waals surface area contributed by atoms with Gasteiger partial charge >= 0.3 is 0 Å². The van der Waals surface area contributed by atoms with E-state index in [-0.39, 0.29) is 5.96 Å². The molecule has 1 saturated heterocycles. The largest absolute Gasteiger partial charge is 0.370 e. The quantitative estimate of drug-likeness (QED) is 0.362. The van der Waals surface area contributed by atoms with Crippen molar-refractivity contribution < 1.29 is 5.11 Å². The Hall–Kier alpha value is -0.770. The Kier molecular flexibility index (Phi) is 2.11. The van der Waals surface area contributed by atoms with E-state index in [4.69, 9.17) is 11.1 Å². The minimum atomic E-state index is -0.435. The Labute approximate surface area is 60.1 Å². The van der Waals surface area contributed by atoms with Gasteiger partial charge < -0.3 is 10.6 Å². The number of piperidine rings is 1. The number of hydrogen-bond acceptors (Lipinski definition) is 1. The van der Waals surface area contributed by atoms with Gasteiger partial charge in [0.15, 0.2) is 5.96 Å². The number of nitrogens with one attached hydrogen (secondary N) is 1. The fourth-order valence-electron chi connectivity index (χ4n) is 1.10. The van der Waals surface area contributed by atoms with Crippen LogP contribution in [0.1, 0.15) is 12.8 Å². The molecule has 0 aliphatic carbocycles. The van der Waals surface area contributed by atoms with Gasteiger partial charge in [-0.25, -0.2) is 5.11 Å². The molecule has 0 amide bonds. The van der Waals surface area contributed by atoms with Crippen molar-refractivity contribution in [2.75, 3.05) is 13.1 Å². The van der Waals surface area contributed by atoms with Crippen LogP contribution in [0.15, 0.2) is 0 Å². The standard InChI is InChI=1S/C6H12N3O/c7-6(8)9-3-1-5(10)2-4-9/h5H,1-4H2,(H3,7,8). The molecule has 3 N–H and O–H groups in total. The number of nitrogens with two attached hydrogens (primary N) is 1. The molecule has 0 spiro atoms. The zero-order valence-electron chi connectivity index (χ0n) is 5.84. The second-order valence-electron chi connectivity index (χ2n) is 2.57. The van der Waals surface area contributed by atoms with E-state index in [0.717, 1.165) is 0 Å². The van der Waals surface area contributed by atoms with Crippen LogP contribution in [-0.4, -0.2) is 30.1 Å². The summed E-state index contributed by atoms with van der Waals surface area (Å²) >= 11 is 0. The van der Waals surface area contributed by atoms with Gasteiger partial charge in [0.1, 0.15) is 0 Å². The van der Waals surface area contributed by atoms with Gasteiger partial charge in [0.25, 0.3) is 0 Å². The summed E-state index contributed by atoms with van der Waals surface area (Å²) in [5, 5.41) is 17.8. The molecule has 0 unspecified atom stereocenters. The summed E-state index contributed by atoms with van der Waals surface area (Å²) in [6.07, 6.45) is 0.815. The summed E-state index contributed by atoms with van der Waals surface area (Å²) in [6.45, 7) is 1.31. The Balaban J connectivity index is 2.33. The molecule has 0 aromatic carbocycles. The van der Waals surface area contributed by atoms with E-state index in [1.165, 1.54) is 0 Å². The van der Waals surface area contributed by atoms with E-state index >= 15 is 0 Å². The molecule has 0 bridgehead atoms. The predicted molar refractivity (Wildman–Crippen MR) is 37.2 cm³/mol. The van der Waals surface area contributed by atoms with Crippen molar-refractivity contribution in [1.29, 1.82) is 5.41 Å². The summed E-state index contributed by atoms with van der Waals surface area (Å²) < 4.78 is 0.